The van der Waals surface area contributed by atoms with Crippen molar-refractivity contribution in [3.05, 3.63) is 0 Å². The molecule has 9 nitrogen and oxygen atoms in total. The molecule has 0 aliphatic carbocycles. The van der Waals surface area contributed by atoms with Gasteiger partial charge >= 0.3 is 18.0 Å². The zero-order chi connectivity index (χ0) is 15.7. The highest BCUT2D eigenvalue weighted by atomic mass is 16.4. The SMILES string of the molecule is CCN(C)C(=O)CNC(=O)N[C@@H](CCC(=O)O)C(=O)O. The Labute approximate surface area is 115 Å². The van der Waals surface area contributed by atoms with Crippen LogP contribution in [0.25, 0.3) is 0 Å². The molecule has 4 N–H and O–H groups in total. The molecular weight excluding hydrogens is 270 g/mol. The fourth-order valence-corrected chi connectivity index (χ4v) is 1.20. The van der Waals surface area contributed by atoms with Crippen LogP contribution >= 0.6 is 0 Å². The number of carboxylic acid groups (broad SMARTS) is 2. The second kappa shape index (κ2) is 8.73. The molecule has 0 saturated carbocycles. The van der Waals surface area contributed by atoms with Crippen molar-refractivity contribution >= 4 is 23.9 Å². The zero-order valence-electron chi connectivity index (χ0n) is 11.4. The number of carbonyl (C=O) groups excluding carboxylic acids is 2. The third kappa shape index (κ3) is 7.19. The second-order valence-corrected chi connectivity index (χ2v) is 4.06. The first-order chi connectivity index (χ1) is 9.27. The molecule has 0 heterocycles. The molecule has 0 radical (unpaired) electrons. The quantitative estimate of drug-likeness (QED) is 0.456. The van der Waals surface area contributed by atoms with Crippen molar-refractivity contribution in [3.8, 4) is 0 Å². The van der Waals surface area contributed by atoms with E-state index in [-0.39, 0.29) is 25.3 Å². The van der Waals surface area contributed by atoms with Crippen LogP contribution in [0.15, 0.2) is 0 Å². The van der Waals surface area contributed by atoms with E-state index in [0.717, 1.165) is 0 Å². The number of hydrogen-bond donors (Lipinski definition) is 4. The number of carboxylic acids is 2. The molecule has 0 bridgehead atoms. The van der Waals surface area contributed by atoms with E-state index in [2.05, 4.69) is 10.6 Å². The minimum Gasteiger partial charge on any atom is -0.481 e. The summed E-state index contributed by atoms with van der Waals surface area (Å²) in [6.07, 6.45) is -0.615. The molecule has 3 amide bonds. The number of amides is 3. The fraction of sp³-hybridized carbons (Fsp3) is 0.636. The average Bonchev–Trinajstić information content (AvgIpc) is 2.39. The number of urea groups is 1. The highest BCUT2D eigenvalue weighted by Gasteiger charge is 2.21. The molecule has 0 aromatic rings. The molecule has 0 saturated heterocycles. The molecule has 0 aliphatic heterocycles. The number of likely N-dealkylation sites (N-methyl/N-ethyl adjacent to an activating group) is 1. The summed E-state index contributed by atoms with van der Waals surface area (Å²) in [5.41, 5.74) is 0. The van der Waals surface area contributed by atoms with Gasteiger partial charge in [0.05, 0.1) is 6.54 Å². The first kappa shape index (κ1) is 17.7. The summed E-state index contributed by atoms with van der Waals surface area (Å²) in [6, 6.07) is -2.15. The lowest BCUT2D eigenvalue weighted by molar-refractivity contribution is -0.140. The van der Waals surface area contributed by atoms with Crippen LogP contribution in [0.5, 0.6) is 0 Å². The lowest BCUT2D eigenvalue weighted by Crippen LogP contribution is -2.48. The maximum absolute atomic E-state index is 11.4. The van der Waals surface area contributed by atoms with E-state index in [1.54, 1.807) is 14.0 Å². The molecule has 0 aromatic carbocycles. The predicted molar refractivity (Wildman–Crippen MR) is 68.1 cm³/mol. The zero-order valence-corrected chi connectivity index (χ0v) is 11.4. The van der Waals surface area contributed by atoms with Crippen molar-refractivity contribution in [3.63, 3.8) is 0 Å². The smallest absolute Gasteiger partial charge is 0.326 e. The highest BCUT2D eigenvalue weighted by Crippen LogP contribution is 1.98. The third-order valence-electron chi connectivity index (χ3n) is 2.55. The minimum atomic E-state index is -1.33. The van der Waals surface area contributed by atoms with Gasteiger partial charge in [-0.1, -0.05) is 0 Å². The molecule has 0 unspecified atom stereocenters. The van der Waals surface area contributed by atoms with Crippen molar-refractivity contribution in [2.45, 2.75) is 25.8 Å². The topological polar surface area (TPSA) is 136 Å². The van der Waals surface area contributed by atoms with E-state index < -0.39 is 24.0 Å². The Morgan fingerprint density at radius 3 is 2.25 bits per heavy atom. The fourth-order valence-electron chi connectivity index (χ4n) is 1.20. The molecular formula is C11H19N3O6. The van der Waals surface area contributed by atoms with Crippen LogP contribution in [0.4, 0.5) is 4.79 Å². The van der Waals surface area contributed by atoms with Gasteiger partial charge < -0.3 is 25.7 Å². The van der Waals surface area contributed by atoms with Crippen molar-refractivity contribution in [2.75, 3.05) is 20.1 Å². The van der Waals surface area contributed by atoms with Crippen LogP contribution in [0.1, 0.15) is 19.8 Å². The van der Waals surface area contributed by atoms with Gasteiger partial charge in [0.2, 0.25) is 5.91 Å². The van der Waals surface area contributed by atoms with Crippen LogP contribution in [0, 0.1) is 0 Å². The average molecular weight is 289 g/mol. The lowest BCUT2D eigenvalue weighted by atomic mass is 10.1. The van der Waals surface area contributed by atoms with Crippen LogP contribution in [0.3, 0.4) is 0 Å². The molecule has 20 heavy (non-hydrogen) atoms. The standard InChI is InChI=1S/C11H19N3O6/c1-3-14(2)8(15)6-12-11(20)13-7(10(18)19)4-5-9(16)17/h7H,3-6H2,1-2H3,(H,16,17)(H,18,19)(H2,12,13,20)/t7-/m0/s1. The normalized spacial score (nSPS) is 11.3. The Hall–Kier alpha value is -2.32. The number of aliphatic carboxylic acids is 2. The largest absolute Gasteiger partial charge is 0.481 e. The first-order valence-corrected chi connectivity index (χ1v) is 6.00. The van der Waals surface area contributed by atoms with Crippen molar-refractivity contribution in [1.82, 2.24) is 15.5 Å². The molecule has 0 spiro atoms. The number of nitrogens with one attached hydrogen (secondary N) is 2. The van der Waals surface area contributed by atoms with Gasteiger partial charge in [0.15, 0.2) is 0 Å². The molecule has 114 valence electrons. The van der Waals surface area contributed by atoms with E-state index >= 15 is 0 Å². The second-order valence-electron chi connectivity index (χ2n) is 4.06. The molecule has 0 fully saturated rings. The Bertz CT molecular complexity index is 384. The van der Waals surface area contributed by atoms with E-state index in [1.165, 1.54) is 4.90 Å². The highest BCUT2D eigenvalue weighted by molar-refractivity contribution is 5.86. The summed E-state index contributed by atoms with van der Waals surface area (Å²) in [6.45, 7) is 1.99. The Balaban J connectivity index is 4.23. The van der Waals surface area contributed by atoms with E-state index in [4.69, 9.17) is 10.2 Å². The van der Waals surface area contributed by atoms with Crippen molar-refractivity contribution < 1.29 is 29.4 Å². The van der Waals surface area contributed by atoms with E-state index in [9.17, 15) is 19.2 Å². The Kier molecular flexibility index (Phi) is 7.71. The summed E-state index contributed by atoms with van der Waals surface area (Å²) in [5.74, 6) is -2.81. The molecule has 0 aliphatic rings. The summed E-state index contributed by atoms with van der Waals surface area (Å²) < 4.78 is 0. The van der Waals surface area contributed by atoms with Crippen LogP contribution in [-0.4, -0.2) is 65.2 Å². The molecule has 0 aromatic heterocycles. The van der Waals surface area contributed by atoms with Gasteiger partial charge in [-0.15, -0.1) is 0 Å². The summed E-state index contributed by atoms with van der Waals surface area (Å²) in [7, 11) is 1.56. The number of hydrogen-bond acceptors (Lipinski definition) is 4. The van der Waals surface area contributed by atoms with Crippen LogP contribution in [-0.2, 0) is 14.4 Å². The Morgan fingerprint density at radius 2 is 1.80 bits per heavy atom. The van der Waals surface area contributed by atoms with Gasteiger partial charge in [0, 0.05) is 20.0 Å². The number of nitrogens with zero attached hydrogens (tertiary/aromatic N) is 1. The van der Waals surface area contributed by atoms with Gasteiger partial charge in [-0.3, -0.25) is 9.59 Å². The van der Waals surface area contributed by atoms with Crippen LogP contribution < -0.4 is 10.6 Å². The van der Waals surface area contributed by atoms with Crippen molar-refractivity contribution in [1.29, 1.82) is 0 Å². The maximum atomic E-state index is 11.4. The molecule has 0 rings (SSSR count). The minimum absolute atomic E-state index is 0.235. The van der Waals surface area contributed by atoms with E-state index in [0.29, 0.717) is 6.54 Å². The third-order valence-corrected chi connectivity index (χ3v) is 2.55. The maximum Gasteiger partial charge on any atom is 0.326 e. The molecule has 9 heteroatoms. The number of carbonyl (C=O) groups is 4. The Morgan fingerprint density at radius 1 is 1.20 bits per heavy atom. The van der Waals surface area contributed by atoms with Crippen molar-refractivity contribution in [2.24, 2.45) is 0 Å². The number of rotatable bonds is 8. The summed E-state index contributed by atoms with van der Waals surface area (Å²) in [4.78, 5) is 45.4. The first-order valence-electron chi connectivity index (χ1n) is 6.00. The lowest BCUT2D eigenvalue weighted by Gasteiger charge is -2.17. The van der Waals surface area contributed by atoms with Gasteiger partial charge in [-0.25, -0.2) is 9.59 Å². The van der Waals surface area contributed by atoms with Gasteiger partial charge in [0.1, 0.15) is 6.04 Å². The predicted octanol–water partition coefficient (Wildman–Crippen LogP) is -0.918. The summed E-state index contributed by atoms with van der Waals surface area (Å²) >= 11 is 0. The van der Waals surface area contributed by atoms with Gasteiger partial charge in [0.25, 0.3) is 0 Å². The van der Waals surface area contributed by atoms with Gasteiger partial charge in [-0.05, 0) is 13.3 Å². The molecule has 1 atom stereocenters. The van der Waals surface area contributed by atoms with E-state index in [1.807, 2.05) is 0 Å². The van der Waals surface area contributed by atoms with Crippen LogP contribution in [0.2, 0.25) is 0 Å². The van der Waals surface area contributed by atoms with Gasteiger partial charge in [-0.2, -0.15) is 0 Å². The summed E-state index contributed by atoms with van der Waals surface area (Å²) in [5, 5.41) is 21.6. The monoisotopic (exact) mass is 289 g/mol.